The molecule has 0 saturated heterocycles. The van der Waals surface area contributed by atoms with Crippen LogP contribution in [0.2, 0.25) is 0 Å². The summed E-state index contributed by atoms with van der Waals surface area (Å²) in [7, 11) is 0. The van der Waals surface area contributed by atoms with Gasteiger partial charge in [-0.05, 0) is 52.7 Å². The van der Waals surface area contributed by atoms with Crippen molar-refractivity contribution in [2.45, 2.75) is 53.1 Å². The zero-order valence-electron chi connectivity index (χ0n) is 14.3. The second kappa shape index (κ2) is 9.03. The van der Waals surface area contributed by atoms with E-state index in [0.29, 0.717) is 6.42 Å². The Kier molecular flexibility index (Phi) is 7.39. The lowest BCUT2D eigenvalue weighted by Gasteiger charge is -2.15. The molecule has 1 unspecified atom stereocenters. The van der Waals surface area contributed by atoms with E-state index in [1.54, 1.807) is 12.1 Å². The third-order valence-electron chi connectivity index (χ3n) is 3.45. The molecular weight excluding hydrogens is 292 g/mol. The van der Waals surface area contributed by atoms with Crippen molar-refractivity contribution in [3.8, 4) is 11.5 Å². The van der Waals surface area contributed by atoms with Gasteiger partial charge < -0.3 is 14.9 Å². The summed E-state index contributed by atoms with van der Waals surface area (Å²) in [6.45, 7) is 8.17. The van der Waals surface area contributed by atoms with Crippen molar-refractivity contribution >= 4 is 5.97 Å². The molecule has 0 radical (unpaired) electrons. The number of rotatable bonds is 8. The maximum Gasteiger partial charge on any atom is 0.339 e. The topological polar surface area (TPSA) is 66.8 Å². The molecule has 0 bridgehead atoms. The standard InChI is InChI=1S/C19H26O4/c1-13(2)7-5-8-14(3)11-12-15(4)23-17-10-6-9-16(18(17)20)19(21)22/h6-7,9-11,15,20H,5,8,12H2,1-4H3,(H,21,22)/b14-11+. The number of hydrogen-bond acceptors (Lipinski definition) is 3. The summed E-state index contributed by atoms with van der Waals surface area (Å²) in [5.41, 5.74) is 2.47. The molecular formula is C19H26O4. The number of hydrogen-bond donors (Lipinski definition) is 2. The molecule has 0 aliphatic carbocycles. The maximum absolute atomic E-state index is 11.0. The van der Waals surface area contributed by atoms with E-state index in [1.165, 1.54) is 17.2 Å². The highest BCUT2D eigenvalue weighted by molar-refractivity contribution is 5.91. The largest absolute Gasteiger partial charge is 0.504 e. The van der Waals surface area contributed by atoms with Crippen LogP contribution in [0.3, 0.4) is 0 Å². The molecule has 0 aromatic heterocycles. The molecule has 1 aromatic carbocycles. The Morgan fingerprint density at radius 1 is 1.26 bits per heavy atom. The van der Waals surface area contributed by atoms with Crippen LogP contribution < -0.4 is 4.74 Å². The van der Waals surface area contributed by atoms with Crippen LogP contribution in [0.4, 0.5) is 0 Å². The summed E-state index contributed by atoms with van der Waals surface area (Å²) < 4.78 is 5.66. The van der Waals surface area contributed by atoms with E-state index < -0.39 is 5.97 Å². The average molecular weight is 318 g/mol. The number of para-hydroxylation sites is 1. The first-order valence-electron chi connectivity index (χ1n) is 7.82. The molecule has 4 nitrogen and oxygen atoms in total. The summed E-state index contributed by atoms with van der Waals surface area (Å²) in [4.78, 5) is 11.0. The second-order valence-corrected chi connectivity index (χ2v) is 5.99. The third-order valence-corrected chi connectivity index (χ3v) is 3.45. The fourth-order valence-corrected chi connectivity index (χ4v) is 2.11. The van der Waals surface area contributed by atoms with E-state index in [4.69, 9.17) is 9.84 Å². The third kappa shape index (κ3) is 6.59. The quantitative estimate of drug-likeness (QED) is 0.666. The number of aromatic hydroxyl groups is 1. The molecule has 1 atom stereocenters. The van der Waals surface area contributed by atoms with E-state index in [9.17, 15) is 9.90 Å². The van der Waals surface area contributed by atoms with Crippen molar-refractivity contribution in [1.82, 2.24) is 0 Å². The number of carboxylic acids is 1. The fraction of sp³-hybridized carbons (Fsp3) is 0.421. The fourth-order valence-electron chi connectivity index (χ4n) is 2.11. The average Bonchev–Trinajstić information content (AvgIpc) is 2.46. The van der Waals surface area contributed by atoms with E-state index in [-0.39, 0.29) is 23.2 Å². The lowest BCUT2D eigenvalue weighted by atomic mass is 10.1. The van der Waals surface area contributed by atoms with Gasteiger partial charge in [-0.1, -0.05) is 29.4 Å². The Balaban J connectivity index is 2.60. The number of carboxylic acid groups (broad SMARTS) is 1. The molecule has 0 amide bonds. The zero-order valence-corrected chi connectivity index (χ0v) is 14.3. The number of carbonyl (C=O) groups is 1. The predicted molar refractivity (Wildman–Crippen MR) is 92.2 cm³/mol. The predicted octanol–water partition coefficient (Wildman–Crippen LogP) is 4.94. The summed E-state index contributed by atoms with van der Waals surface area (Å²) in [5.74, 6) is -1.29. The van der Waals surface area contributed by atoms with Gasteiger partial charge in [-0.25, -0.2) is 4.79 Å². The first-order chi connectivity index (χ1) is 10.8. The Morgan fingerprint density at radius 2 is 1.96 bits per heavy atom. The van der Waals surface area contributed by atoms with E-state index in [2.05, 4.69) is 32.9 Å². The molecule has 1 aromatic rings. The number of allylic oxidation sites excluding steroid dienone is 3. The van der Waals surface area contributed by atoms with Gasteiger partial charge in [0, 0.05) is 6.42 Å². The van der Waals surface area contributed by atoms with Gasteiger partial charge in [-0.2, -0.15) is 0 Å². The summed E-state index contributed by atoms with van der Waals surface area (Å²) in [6, 6.07) is 4.48. The van der Waals surface area contributed by atoms with Crippen molar-refractivity contribution in [2.75, 3.05) is 0 Å². The molecule has 2 N–H and O–H groups in total. The van der Waals surface area contributed by atoms with Crippen LogP contribution in [0.25, 0.3) is 0 Å². The normalized spacial score (nSPS) is 12.6. The molecule has 0 heterocycles. The maximum atomic E-state index is 11.0. The molecule has 0 spiro atoms. The van der Waals surface area contributed by atoms with Gasteiger partial charge in [0.15, 0.2) is 11.5 Å². The number of benzene rings is 1. The number of aromatic carboxylic acids is 1. The zero-order chi connectivity index (χ0) is 17.4. The summed E-state index contributed by atoms with van der Waals surface area (Å²) in [6.07, 6.45) is 6.94. The smallest absolute Gasteiger partial charge is 0.339 e. The van der Waals surface area contributed by atoms with Crippen LogP contribution in [0.1, 0.15) is 57.3 Å². The molecule has 0 fully saturated rings. The van der Waals surface area contributed by atoms with Gasteiger partial charge in [0.2, 0.25) is 0 Å². The molecule has 0 aliphatic rings. The highest BCUT2D eigenvalue weighted by Gasteiger charge is 2.15. The molecule has 4 heteroatoms. The van der Waals surface area contributed by atoms with E-state index >= 15 is 0 Å². The van der Waals surface area contributed by atoms with Crippen LogP contribution in [0.5, 0.6) is 11.5 Å². The van der Waals surface area contributed by atoms with Gasteiger partial charge in [0.1, 0.15) is 5.56 Å². The highest BCUT2D eigenvalue weighted by atomic mass is 16.5. The minimum atomic E-state index is -1.17. The Hall–Kier alpha value is -2.23. The minimum absolute atomic E-state index is 0.150. The summed E-state index contributed by atoms with van der Waals surface area (Å²) >= 11 is 0. The monoisotopic (exact) mass is 318 g/mol. The second-order valence-electron chi connectivity index (χ2n) is 5.99. The van der Waals surface area contributed by atoms with E-state index in [1.807, 2.05) is 6.92 Å². The van der Waals surface area contributed by atoms with Crippen molar-refractivity contribution in [3.63, 3.8) is 0 Å². The molecule has 126 valence electrons. The van der Waals surface area contributed by atoms with Gasteiger partial charge in [-0.15, -0.1) is 0 Å². The van der Waals surface area contributed by atoms with Crippen LogP contribution >= 0.6 is 0 Å². The van der Waals surface area contributed by atoms with Gasteiger partial charge >= 0.3 is 5.97 Å². The van der Waals surface area contributed by atoms with Crippen LogP contribution in [0.15, 0.2) is 41.5 Å². The van der Waals surface area contributed by atoms with Crippen molar-refractivity contribution in [1.29, 1.82) is 0 Å². The number of phenols is 1. The molecule has 23 heavy (non-hydrogen) atoms. The molecule has 1 rings (SSSR count). The van der Waals surface area contributed by atoms with Gasteiger partial charge in [0.25, 0.3) is 0 Å². The molecule has 0 aliphatic heterocycles. The van der Waals surface area contributed by atoms with Crippen LogP contribution in [-0.2, 0) is 0 Å². The van der Waals surface area contributed by atoms with Crippen molar-refractivity contribution < 1.29 is 19.7 Å². The van der Waals surface area contributed by atoms with Gasteiger partial charge in [0.05, 0.1) is 6.10 Å². The SMILES string of the molecule is CC(C)=CCC/C(C)=C/CC(C)Oc1cccc(C(=O)O)c1O. The van der Waals surface area contributed by atoms with Crippen molar-refractivity contribution in [3.05, 3.63) is 47.1 Å². The first-order valence-corrected chi connectivity index (χ1v) is 7.82. The Bertz CT molecular complexity index is 595. The number of ether oxygens (including phenoxy) is 1. The summed E-state index contributed by atoms with van der Waals surface area (Å²) in [5, 5.41) is 18.9. The minimum Gasteiger partial charge on any atom is -0.504 e. The Labute approximate surface area is 138 Å². The van der Waals surface area contributed by atoms with E-state index in [0.717, 1.165) is 12.8 Å². The lowest BCUT2D eigenvalue weighted by molar-refractivity contribution is 0.0692. The van der Waals surface area contributed by atoms with Crippen LogP contribution in [-0.4, -0.2) is 22.3 Å². The van der Waals surface area contributed by atoms with Crippen LogP contribution in [0, 0.1) is 0 Å². The first kappa shape index (κ1) is 18.8. The highest BCUT2D eigenvalue weighted by Crippen LogP contribution is 2.31. The van der Waals surface area contributed by atoms with Gasteiger partial charge in [-0.3, -0.25) is 0 Å². The molecule has 0 saturated carbocycles. The van der Waals surface area contributed by atoms with Crippen molar-refractivity contribution in [2.24, 2.45) is 0 Å². The Morgan fingerprint density at radius 3 is 2.57 bits per heavy atom. The lowest BCUT2D eigenvalue weighted by Crippen LogP contribution is -2.11.